The molecule has 1 N–H and O–H groups in total. The first-order chi connectivity index (χ1) is 11.3. The lowest BCUT2D eigenvalue weighted by atomic mass is 10.1. The molecule has 131 valence electrons. The van der Waals surface area contributed by atoms with E-state index in [2.05, 4.69) is 10.1 Å². The van der Waals surface area contributed by atoms with E-state index in [1.807, 2.05) is 0 Å². The number of alkyl halides is 4. The molecular formula is C15H15F4N2O3. The molecule has 1 aliphatic heterocycles. The van der Waals surface area contributed by atoms with Gasteiger partial charge >= 0.3 is 12.6 Å². The number of nitrogens with zero attached hydrogens (tertiary/aromatic N) is 1. The topological polar surface area (TPSA) is 58.6 Å². The fourth-order valence-corrected chi connectivity index (χ4v) is 2.10. The average molecular weight is 347 g/mol. The van der Waals surface area contributed by atoms with Gasteiger partial charge in [0, 0.05) is 25.9 Å². The molecular weight excluding hydrogens is 332 g/mol. The lowest BCUT2D eigenvalue weighted by molar-refractivity contribution is -0.124. The molecule has 0 atom stereocenters. The maximum absolute atomic E-state index is 13.2. The van der Waals surface area contributed by atoms with E-state index in [9.17, 15) is 27.2 Å². The predicted molar refractivity (Wildman–Crippen MR) is 75.5 cm³/mol. The van der Waals surface area contributed by atoms with E-state index >= 15 is 0 Å². The molecule has 24 heavy (non-hydrogen) atoms. The zero-order chi connectivity index (χ0) is 17.7. The quantitative estimate of drug-likeness (QED) is 0.852. The van der Waals surface area contributed by atoms with Crippen molar-refractivity contribution in [2.24, 2.45) is 0 Å². The summed E-state index contributed by atoms with van der Waals surface area (Å²) < 4.78 is 54.7. The highest BCUT2D eigenvalue weighted by Gasteiger charge is 2.37. The Morgan fingerprint density at radius 1 is 1.29 bits per heavy atom. The third-order valence-corrected chi connectivity index (χ3v) is 3.38. The number of halogens is 4. The van der Waals surface area contributed by atoms with Gasteiger partial charge in [0.1, 0.15) is 5.75 Å². The van der Waals surface area contributed by atoms with Crippen LogP contribution in [0.5, 0.6) is 5.75 Å². The van der Waals surface area contributed by atoms with Crippen molar-refractivity contribution in [2.45, 2.75) is 31.9 Å². The summed E-state index contributed by atoms with van der Waals surface area (Å²) in [6, 6.07) is 4.74. The van der Waals surface area contributed by atoms with E-state index in [0.717, 1.165) is 11.3 Å². The zero-order valence-electron chi connectivity index (χ0n) is 12.5. The van der Waals surface area contributed by atoms with Crippen molar-refractivity contribution in [1.82, 2.24) is 10.2 Å². The second-order valence-corrected chi connectivity index (χ2v) is 5.19. The molecule has 1 heterocycles. The first kappa shape index (κ1) is 18.0. The smallest absolute Gasteiger partial charge is 0.387 e. The normalized spacial score (nSPS) is 17.5. The van der Waals surface area contributed by atoms with Crippen LogP contribution in [-0.2, 0) is 11.3 Å². The number of hydrogen-bond acceptors (Lipinski definition) is 3. The van der Waals surface area contributed by atoms with Crippen LogP contribution in [0.25, 0.3) is 0 Å². The molecule has 1 aromatic carbocycles. The second kappa shape index (κ2) is 7.50. The SMILES string of the molecule is O=C1[CH]CC(F)(F)CCN1C(=O)NCc1ccc(OC(F)F)cc1. The summed E-state index contributed by atoms with van der Waals surface area (Å²) >= 11 is 0. The zero-order valence-corrected chi connectivity index (χ0v) is 12.5. The predicted octanol–water partition coefficient (Wildman–Crippen LogP) is 2.96. The Kier molecular flexibility index (Phi) is 5.63. The number of amides is 3. The van der Waals surface area contributed by atoms with Crippen molar-refractivity contribution in [3.63, 3.8) is 0 Å². The van der Waals surface area contributed by atoms with Gasteiger partial charge in [-0.25, -0.2) is 13.6 Å². The molecule has 0 saturated carbocycles. The molecule has 0 unspecified atom stereocenters. The van der Waals surface area contributed by atoms with Crippen LogP contribution < -0.4 is 10.1 Å². The highest BCUT2D eigenvalue weighted by Crippen LogP contribution is 2.27. The highest BCUT2D eigenvalue weighted by atomic mass is 19.3. The number of carbonyl (C=O) groups excluding carboxylic acids is 2. The summed E-state index contributed by atoms with van der Waals surface area (Å²) in [5, 5.41) is 2.43. The third-order valence-electron chi connectivity index (χ3n) is 3.38. The van der Waals surface area contributed by atoms with Gasteiger partial charge in [-0.05, 0) is 17.7 Å². The first-order valence-electron chi connectivity index (χ1n) is 7.11. The summed E-state index contributed by atoms with van der Waals surface area (Å²) in [5.41, 5.74) is 0.571. The number of imide groups is 1. The Morgan fingerprint density at radius 2 is 1.96 bits per heavy atom. The number of likely N-dealkylation sites (tertiary alicyclic amines) is 1. The molecule has 2 rings (SSSR count). The Labute approximate surface area is 135 Å². The number of ether oxygens (including phenoxy) is 1. The molecule has 1 fully saturated rings. The molecule has 1 saturated heterocycles. The Hall–Kier alpha value is -2.32. The fraction of sp³-hybridized carbons (Fsp3) is 0.400. The Balaban J connectivity index is 1.89. The van der Waals surface area contributed by atoms with E-state index in [1.165, 1.54) is 24.3 Å². The molecule has 9 heteroatoms. The van der Waals surface area contributed by atoms with Crippen molar-refractivity contribution in [3.05, 3.63) is 36.2 Å². The van der Waals surface area contributed by atoms with E-state index in [1.54, 1.807) is 0 Å². The molecule has 0 bridgehead atoms. The van der Waals surface area contributed by atoms with Crippen molar-refractivity contribution in [1.29, 1.82) is 0 Å². The monoisotopic (exact) mass is 347 g/mol. The molecule has 1 aliphatic rings. The molecule has 3 amide bonds. The average Bonchev–Trinajstić information content (AvgIpc) is 2.65. The summed E-state index contributed by atoms with van der Waals surface area (Å²) in [6.45, 7) is -3.30. The van der Waals surface area contributed by atoms with Crippen LogP contribution in [0.1, 0.15) is 18.4 Å². The summed E-state index contributed by atoms with van der Waals surface area (Å²) in [4.78, 5) is 24.4. The third kappa shape index (κ3) is 5.10. The number of carbonyl (C=O) groups is 2. The van der Waals surface area contributed by atoms with Crippen LogP contribution >= 0.6 is 0 Å². The van der Waals surface area contributed by atoms with E-state index in [4.69, 9.17) is 0 Å². The Bertz CT molecular complexity index is 593. The van der Waals surface area contributed by atoms with Gasteiger partial charge in [-0.15, -0.1) is 0 Å². The van der Waals surface area contributed by atoms with Gasteiger partial charge in [0.05, 0.1) is 6.42 Å². The minimum atomic E-state index is -3.01. The van der Waals surface area contributed by atoms with Crippen LogP contribution in [0.4, 0.5) is 22.4 Å². The van der Waals surface area contributed by atoms with E-state index in [-0.39, 0.29) is 18.8 Å². The summed E-state index contributed by atoms with van der Waals surface area (Å²) in [5.74, 6) is -3.81. The van der Waals surface area contributed by atoms with Crippen LogP contribution in [0.15, 0.2) is 24.3 Å². The standard InChI is InChI=1S/C15H15F4N2O3/c16-13(17)24-11-3-1-10(2-4-11)9-20-14(23)21-8-7-15(18,19)6-5-12(21)22/h1-5,13H,6-9H2,(H,20,23). The number of rotatable bonds is 4. The van der Waals surface area contributed by atoms with Crippen molar-refractivity contribution in [3.8, 4) is 5.75 Å². The molecule has 1 radical (unpaired) electrons. The van der Waals surface area contributed by atoms with E-state index < -0.39 is 37.3 Å². The molecule has 0 spiro atoms. The van der Waals surface area contributed by atoms with Gasteiger partial charge in [-0.2, -0.15) is 8.78 Å². The van der Waals surface area contributed by atoms with Gasteiger partial charge < -0.3 is 10.1 Å². The molecule has 0 aromatic heterocycles. The van der Waals surface area contributed by atoms with Crippen molar-refractivity contribution >= 4 is 11.9 Å². The van der Waals surface area contributed by atoms with Gasteiger partial charge in [0.25, 0.3) is 5.92 Å². The fourth-order valence-electron chi connectivity index (χ4n) is 2.10. The largest absolute Gasteiger partial charge is 0.435 e. The first-order valence-corrected chi connectivity index (χ1v) is 7.11. The number of nitrogens with one attached hydrogen (secondary N) is 1. The Morgan fingerprint density at radius 3 is 2.58 bits per heavy atom. The lowest BCUT2D eigenvalue weighted by Crippen LogP contribution is -2.43. The number of hydrogen-bond donors (Lipinski definition) is 1. The van der Waals surface area contributed by atoms with Gasteiger partial charge in [0.2, 0.25) is 5.91 Å². The molecule has 0 aliphatic carbocycles. The maximum atomic E-state index is 13.2. The molecule has 1 aromatic rings. The second-order valence-electron chi connectivity index (χ2n) is 5.19. The van der Waals surface area contributed by atoms with Crippen molar-refractivity contribution < 1.29 is 31.9 Å². The van der Waals surface area contributed by atoms with Crippen LogP contribution in [0.2, 0.25) is 0 Å². The summed E-state index contributed by atoms with van der Waals surface area (Å²) in [6.07, 6.45) is -0.493. The lowest BCUT2D eigenvalue weighted by Gasteiger charge is -2.19. The van der Waals surface area contributed by atoms with Crippen LogP contribution in [0, 0.1) is 6.42 Å². The van der Waals surface area contributed by atoms with E-state index in [0.29, 0.717) is 5.56 Å². The maximum Gasteiger partial charge on any atom is 0.387 e. The van der Waals surface area contributed by atoms with Crippen LogP contribution in [0.3, 0.4) is 0 Å². The minimum absolute atomic E-state index is 0.00790. The summed E-state index contributed by atoms with van der Waals surface area (Å²) in [7, 11) is 0. The minimum Gasteiger partial charge on any atom is -0.435 e. The highest BCUT2D eigenvalue weighted by molar-refractivity contribution is 5.99. The number of benzene rings is 1. The molecule has 5 nitrogen and oxygen atoms in total. The van der Waals surface area contributed by atoms with Crippen molar-refractivity contribution in [2.75, 3.05) is 6.54 Å². The van der Waals surface area contributed by atoms with Gasteiger partial charge in [-0.3, -0.25) is 9.69 Å². The van der Waals surface area contributed by atoms with Gasteiger partial charge in [0.15, 0.2) is 0 Å². The number of urea groups is 1. The van der Waals surface area contributed by atoms with Gasteiger partial charge in [-0.1, -0.05) is 12.1 Å². The van der Waals surface area contributed by atoms with Crippen LogP contribution in [-0.4, -0.2) is 35.9 Å².